The molecule has 1 unspecified atom stereocenters. The number of hydrogen-bond acceptors (Lipinski definition) is 4. The molecule has 2 rings (SSSR count). The minimum absolute atomic E-state index is 0.695. The van der Waals surface area contributed by atoms with Gasteiger partial charge < -0.3 is 5.32 Å². The SMILES string of the molecule is CCCCN(Cc1ncc(I)s1)CC1CCCN1. The average molecular weight is 379 g/mol. The molecule has 0 spiro atoms. The van der Waals surface area contributed by atoms with Crippen molar-refractivity contribution < 1.29 is 0 Å². The maximum atomic E-state index is 4.49. The normalized spacial score (nSPS) is 19.8. The third kappa shape index (κ3) is 4.75. The van der Waals surface area contributed by atoms with E-state index in [0.29, 0.717) is 6.04 Å². The van der Waals surface area contributed by atoms with Gasteiger partial charge >= 0.3 is 0 Å². The maximum absolute atomic E-state index is 4.49. The first-order valence-electron chi connectivity index (χ1n) is 6.84. The molecule has 5 heteroatoms. The molecule has 1 saturated heterocycles. The second-order valence-corrected chi connectivity index (χ2v) is 7.95. The minimum atomic E-state index is 0.695. The third-order valence-electron chi connectivity index (χ3n) is 3.35. The lowest BCUT2D eigenvalue weighted by Gasteiger charge is -2.24. The van der Waals surface area contributed by atoms with Gasteiger partial charge in [-0.1, -0.05) is 13.3 Å². The highest BCUT2D eigenvalue weighted by Gasteiger charge is 2.18. The Morgan fingerprint density at radius 1 is 1.61 bits per heavy atom. The molecule has 1 fully saturated rings. The summed E-state index contributed by atoms with van der Waals surface area (Å²) in [5.74, 6) is 0. The van der Waals surface area contributed by atoms with Crippen molar-refractivity contribution in [3.8, 4) is 0 Å². The molecule has 1 aliphatic rings. The van der Waals surface area contributed by atoms with Crippen LogP contribution in [0.1, 0.15) is 37.6 Å². The van der Waals surface area contributed by atoms with Crippen LogP contribution in [0.25, 0.3) is 0 Å². The molecule has 3 nitrogen and oxygen atoms in total. The van der Waals surface area contributed by atoms with Crippen molar-refractivity contribution >= 4 is 33.9 Å². The standard InChI is InChI=1S/C13H22IN3S/c1-2-3-7-17(9-11-5-4-6-15-11)10-13-16-8-12(14)18-13/h8,11,15H,2-7,9-10H2,1H3. The summed E-state index contributed by atoms with van der Waals surface area (Å²) < 4.78 is 1.29. The van der Waals surface area contributed by atoms with Crippen molar-refractivity contribution in [3.05, 3.63) is 14.1 Å². The van der Waals surface area contributed by atoms with Crippen LogP contribution in [0, 0.1) is 2.88 Å². The van der Waals surface area contributed by atoms with E-state index in [2.05, 4.69) is 44.7 Å². The molecule has 0 radical (unpaired) electrons. The molecule has 2 heterocycles. The Kier molecular flexibility index (Phi) is 6.34. The number of nitrogens with one attached hydrogen (secondary N) is 1. The van der Waals surface area contributed by atoms with E-state index in [0.717, 1.165) is 6.54 Å². The van der Waals surface area contributed by atoms with Gasteiger partial charge in [-0.2, -0.15) is 0 Å². The highest BCUT2D eigenvalue weighted by atomic mass is 127. The van der Waals surface area contributed by atoms with Crippen LogP contribution in [0.15, 0.2) is 6.20 Å². The topological polar surface area (TPSA) is 28.2 Å². The van der Waals surface area contributed by atoms with Gasteiger partial charge in [0.1, 0.15) is 5.01 Å². The van der Waals surface area contributed by atoms with Crippen LogP contribution in [0.3, 0.4) is 0 Å². The lowest BCUT2D eigenvalue weighted by Crippen LogP contribution is -2.37. The first kappa shape index (κ1) is 14.7. The highest BCUT2D eigenvalue weighted by Crippen LogP contribution is 2.18. The van der Waals surface area contributed by atoms with Crippen LogP contribution < -0.4 is 5.32 Å². The zero-order valence-electron chi connectivity index (χ0n) is 11.0. The number of halogens is 1. The van der Waals surface area contributed by atoms with E-state index in [4.69, 9.17) is 0 Å². The van der Waals surface area contributed by atoms with Gasteiger partial charge in [-0.15, -0.1) is 11.3 Å². The van der Waals surface area contributed by atoms with Crippen molar-refractivity contribution in [3.63, 3.8) is 0 Å². The quantitative estimate of drug-likeness (QED) is 0.738. The predicted molar refractivity (Wildman–Crippen MR) is 86.0 cm³/mol. The lowest BCUT2D eigenvalue weighted by molar-refractivity contribution is 0.237. The summed E-state index contributed by atoms with van der Waals surface area (Å²) in [6, 6.07) is 0.695. The highest BCUT2D eigenvalue weighted by molar-refractivity contribution is 14.1. The second-order valence-electron chi connectivity index (χ2n) is 4.94. The molecule has 18 heavy (non-hydrogen) atoms. The first-order valence-corrected chi connectivity index (χ1v) is 8.73. The molecule has 1 N–H and O–H groups in total. The Labute approximate surface area is 128 Å². The number of hydrogen-bond donors (Lipinski definition) is 1. The van der Waals surface area contributed by atoms with E-state index in [9.17, 15) is 0 Å². The Morgan fingerprint density at radius 2 is 2.50 bits per heavy atom. The molecule has 1 aromatic heterocycles. The van der Waals surface area contributed by atoms with Gasteiger partial charge in [-0.3, -0.25) is 4.90 Å². The van der Waals surface area contributed by atoms with Crippen LogP contribution in [0.4, 0.5) is 0 Å². The smallest absolute Gasteiger partial charge is 0.108 e. The molecular weight excluding hydrogens is 357 g/mol. The fraction of sp³-hybridized carbons (Fsp3) is 0.769. The summed E-state index contributed by atoms with van der Waals surface area (Å²) in [5, 5.41) is 4.85. The summed E-state index contributed by atoms with van der Waals surface area (Å²) in [6.07, 6.45) is 7.20. The molecule has 1 aromatic rings. The largest absolute Gasteiger partial charge is 0.313 e. The third-order valence-corrected chi connectivity index (χ3v) is 5.06. The Balaban J connectivity index is 1.86. The van der Waals surface area contributed by atoms with Crippen molar-refractivity contribution in [2.24, 2.45) is 0 Å². The van der Waals surface area contributed by atoms with Crippen molar-refractivity contribution in [2.45, 2.75) is 45.2 Å². The average Bonchev–Trinajstić information content (AvgIpc) is 2.98. The summed E-state index contributed by atoms with van der Waals surface area (Å²) >= 11 is 4.17. The predicted octanol–water partition coefficient (Wildman–Crippen LogP) is 3.10. The summed E-state index contributed by atoms with van der Waals surface area (Å²) in [7, 11) is 0. The summed E-state index contributed by atoms with van der Waals surface area (Å²) in [6.45, 7) is 6.85. The van der Waals surface area contributed by atoms with Gasteiger partial charge in [0.2, 0.25) is 0 Å². The van der Waals surface area contributed by atoms with Gasteiger partial charge in [0.25, 0.3) is 0 Å². The molecule has 0 amide bonds. The van der Waals surface area contributed by atoms with Gasteiger partial charge in [-0.25, -0.2) is 4.98 Å². The van der Waals surface area contributed by atoms with E-state index in [1.807, 2.05) is 17.5 Å². The molecule has 0 bridgehead atoms. The van der Waals surface area contributed by atoms with Crippen LogP contribution in [0.2, 0.25) is 0 Å². The zero-order valence-corrected chi connectivity index (χ0v) is 14.0. The first-order chi connectivity index (χ1) is 8.78. The number of nitrogens with zero attached hydrogens (tertiary/aromatic N) is 2. The van der Waals surface area contributed by atoms with Crippen LogP contribution in [-0.2, 0) is 6.54 Å². The van der Waals surface area contributed by atoms with Crippen LogP contribution >= 0.6 is 33.9 Å². The molecule has 0 saturated carbocycles. The number of thiazole rings is 1. The Morgan fingerprint density at radius 3 is 3.11 bits per heavy atom. The lowest BCUT2D eigenvalue weighted by atomic mass is 10.2. The Bertz CT molecular complexity index is 350. The van der Waals surface area contributed by atoms with E-state index in [1.165, 1.54) is 53.2 Å². The van der Waals surface area contributed by atoms with Gasteiger partial charge in [0.05, 0.1) is 15.6 Å². The van der Waals surface area contributed by atoms with Crippen LogP contribution in [-0.4, -0.2) is 35.6 Å². The number of unbranched alkanes of at least 4 members (excludes halogenated alkanes) is 1. The molecule has 0 aliphatic carbocycles. The zero-order chi connectivity index (χ0) is 12.8. The van der Waals surface area contributed by atoms with E-state index < -0.39 is 0 Å². The fourth-order valence-electron chi connectivity index (χ4n) is 2.39. The molecule has 1 aliphatic heterocycles. The van der Waals surface area contributed by atoms with Crippen molar-refractivity contribution in [2.75, 3.05) is 19.6 Å². The molecule has 0 aromatic carbocycles. The van der Waals surface area contributed by atoms with E-state index >= 15 is 0 Å². The van der Waals surface area contributed by atoms with E-state index in [-0.39, 0.29) is 0 Å². The molecule has 102 valence electrons. The summed E-state index contributed by atoms with van der Waals surface area (Å²) in [5.41, 5.74) is 0. The van der Waals surface area contributed by atoms with Gasteiger partial charge in [0, 0.05) is 12.6 Å². The minimum Gasteiger partial charge on any atom is -0.313 e. The van der Waals surface area contributed by atoms with Crippen LogP contribution in [0.5, 0.6) is 0 Å². The fourth-order valence-corrected chi connectivity index (χ4v) is 3.98. The summed E-state index contributed by atoms with van der Waals surface area (Å²) in [4.78, 5) is 7.06. The van der Waals surface area contributed by atoms with Gasteiger partial charge in [-0.05, 0) is 54.9 Å². The molecular formula is C13H22IN3S. The maximum Gasteiger partial charge on any atom is 0.108 e. The number of rotatable bonds is 7. The van der Waals surface area contributed by atoms with Crippen molar-refractivity contribution in [1.29, 1.82) is 0 Å². The van der Waals surface area contributed by atoms with Crippen molar-refractivity contribution in [1.82, 2.24) is 15.2 Å². The second kappa shape index (κ2) is 7.77. The monoisotopic (exact) mass is 379 g/mol. The van der Waals surface area contributed by atoms with Gasteiger partial charge in [0.15, 0.2) is 0 Å². The molecule has 1 atom stereocenters. The number of aromatic nitrogens is 1. The Hall–Kier alpha value is 0.280. The van der Waals surface area contributed by atoms with E-state index in [1.54, 1.807) is 0 Å².